The monoisotopic (exact) mass is 238 g/mol. The average Bonchev–Trinajstić information content (AvgIpc) is 2.78. The summed E-state index contributed by atoms with van der Waals surface area (Å²) in [6, 6.07) is 6.11. The van der Waals surface area contributed by atoms with Gasteiger partial charge in [-0.25, -0.2) is 8.78 Å². The van der Waals surface area contributed by atoms with Crippen molar-refractivity contribution in [3.63, 3.8) is 0 Å². The van der Waals surface area contributed by atoms with Crippen LogP contribution in [0.5, 0.6) is 0 Å². The molecule has 4 nitrogen and oxygen atoms in total. The minimum Gasteiger partial charge on any atom is -0.329 e. The van der Waals surface area contributed by atoms with Crippen LogP contribution in [0, 0.1) is 0 Å². The molecule has 0 bridgehead atoms. The molecule has 2 rings (SSSR count). The van der Waals surface area contributed by atoms with Crippen LogP contribution in [0.15, 0.2) is 30.5 Å². The third kappa shape index (κ3) is 2.65. The van der Waals surface area contributed by atoms with E-state index < -0.39 is 6.43 Å². The van der Waals surface area contributed by atoms with Crippen molar-refractivity contribution in [3.05, 3.63) is 36.0 Å². The molecule has 0 saturated heterocycles. The first-order valence-corrected chi connectivity index (χ1v) is 5.19. The molecule has 0 unspecified atom stereocenters. The molecular formula is C11H12F2N4. The molecule has 0 spiro atoms. The van der Waals surface area contributed by atoms with E-state index >= 15 is 0 Å². The lowest BCUT2D eigenvalue weighted by Gasteiger charge is -2.01. The van der Waals surface area contributed by atoms with Crippen LogP contribution in [0.1, 0.15) is 12.0 Å². The summed E-state index contributed by atoms with van der Waals surface area (Å²) >= 11 is 0. The number of nitrogens with two attached hydrogens (primary N) is 1. The lowest BCUT2D eigenvalue weighted by atomic mass is 10.1. The zero-order valence-electron chi connectivity index (χ0n) is 9.05. The van der Waals surface area contributed by atoms with Crippen molar-refractivity contribution in [1.29, 1.82) is 0 Å². The lowest BCUT2D eigenvalue weighted by Crippen LogP contribution is -2.10. The topological polar surface area (TPSA) is 56.7 Å². The van der Waals surface area contributed by atoms with E-state index in [-0.39, 0.29) is 5.56 Å². The van der Waals surface area contributed by atoms with Gasteiger partial charge in [-0.1, -0.05) is 23.4 Å². The van der Waals surface area contributed by atoms with E-state index in [1.807, 2.05) is 0 Å². The molecular weight excluding hydrogens is 226 g/mol. The van der Waals surface area contributed by atoms with Gasteiger partial charge in [0.1, 0.15) is 5.69 Å². The fourth-order valence-corrected chi connectivity index (χ4v) is 1.51. The summed E-state index contributed by atoms with van der Waals surface area (Å²) in [5, 5.41) is 7.77. The molecule has 0 amide bonds. The van der Waals surface area contributed by atoms with E-state index in [0.29, 0.717) is 24.3 Å². The standard InChI is InChI=1S/C11H12F2N4/c12-11(13)9-3-1-2-8(6-9)10-7-17(5-4-14)16-15-10/h1-3,6-7,11H,4-5,14H2. The molecule has 2 N–H and O–H groups in total. The molecule has 0 aliphatic rings. The molecule has 1 heterocycles. The van der Waals surface area contributed by atoms with Crippen LogP contribution in [0.3, 0.4) is 0 Å². The number of hydrogen-bond acceptors (Lipinski definition) is 3. The summed E-state index contributed by atoms with van der Waals surface area (Å²) in [7, 11) is 0. The summed E-state index contributed by atoms with van der Waals surface area (Å²) < 4.78 is 26.6. The van der Waals surface area contributed by atoms with Crippen molar-refractivity contribution in [1.82, 2.24) is 15.0 Å². The van der Waals surface area contributed by atoms with Crippen LogP contribution in [0.4, 0.5) is 8.78 Å². The Hall–Kier alpha value is -1.82. The zero-order chi connectivity index (χ0) is 12.3. The van der Waals surface area contributed by atoms with Crippen LogP contribution in [0.25, 0.3) is 11.3 Å². The van der Waals surface area contributed by atoms with Crippen molar-refractivity contribution >= 4 is 0 Å². The highest BCUT2D eigenvalue weighted by molar-refractivity contribution is 5.58. The van der Waals surface area contributed by atoms with Crippen LogP contribution >= 0.6 is 0 Å². The second kappa shape index (κ2) is 5.01. The van der Waals surface area contributed by atoms with Crippen LogP contribution in [0.2, 0.25) is 0 Å². The zero-order valence-corrected chi connectivity index (χ0v) is 9.05. The van der Waals surface area contributed by atoms with Gasteiger partial charge < -0.3 is 5.73 Å². The second-order valence-corrected chi connectivity index (χ2v) is 3.58. The molecule has 1 aromatic carbocycles. The highest BCUT2D eigenvalue weighted by Gasteiger charge is 2.09. The fraction of sp³-hybridized carbons (Fsp3) is 0.273. The van der Waals surface area contributed by atoms with Crippen LogP contribution in [-0.2, 0) is 6.54 Å². The summed E-state index contributed by atoms with van der Waals surface area (Å²) in [5.41, 5.74) is 6.57. The lowest BCUT2D eigenvalue weighted by molar-refractivity contribution is 0.151. The number of nitrogens with zero attached hydrogens (tertiary/aromatic N) is 3. The number of rotatable bonds is 4. The summed E-state index contributed by atoms with van der Waals surface area (Å²) in [6.07, 6.45) is -0.786. The number of benzene rings is 1. The van der Waals surface area contributed by atoms with E-state index in [4.69, 9.17) is 5.73 Å². The number of aromatic nitrogens is 3. The van der Waals surface area contributed by atoms with Gasteiger partial charge in [-0.2, -0.15) is 0 Å². The number of halogens is 2. The molecule has 0 saturated carbocycles. The number of alkyl halides is 2. The van der Waals surface area contributed by atoms with E-state index in [2.05, 4.69) is 10.3 Å². The van der Waals surface area contributed by atoms with Gasteiger partial charge in [0.2, 0.25) is 0 Å². The third-order valence-corrected chi connectivity index (χ3v) is 2.33. The highest BCUT2D eigenvalue weighted by Crippen LogP contribution is 2.24. The minimum absolute atomic E-state index is 0.0177. The van der Waals surface area contributed by atoms with Gasteiger partial charge in [-0.3, -0.25) is 4.68 Å². The van der Waals surface area contributed by atoms with Gasteiger partial charge in [0.25, 0.3) is 6.43 Å². The quantitative estimate of drug-likeness (QED) is 0.884. The van der Waals surface area contributed by atoms with Gasteiger partial charge in [-0.05, 0) is 6.07 Å². The Morgan fingerprint density at radius 3 is 2.88 bits per heavy atom. The Morgan fingerprint density at radius 2 is 2.18 bits per heavy atom. The Bertz CT molecular complexity index is 496. The maximum Gasteiger partial charge on any atom is 0.263 e. The second-order valence-electron chi connectivity index (χ2n) is 3.58. The molecule has 6 heteroatoms. The Labute approximate surface area is 97.0 Å². The van der Waals surface area contributed by atoms with Gasteiger partial charge in [-0.15, -0.1) is 5.10 Å². The van der Waals surface area contributed by atoms with Crippen LogP contribution < -0.4 is 5.73 Å². The van der Waals surface area contributed by atoms with Gasteiger partial charge in [0.15, 0.2) is 0 Å². The van der Waals surface area contributed by atoms with Crippen LogP contribution in [-0.4, -0.2) is 21.5 Å². The largest absolute Gasteiger partial charge is 0.329 e. The van der Waals surface area contributed by atoms with E-state index in [9.17, 15) is 8.78 Å². The molecule has 0 atom stereocenters. The third-order valence-electron chi connectivity index (χ3n) is 2.33. The van der Waals surface area contributed by atoms with Gasteiger partial charge in [0.05, 0.1) is 12.7 Å². The average molecular weight is 238 g/mol. The first-order chi connectivity index (χ1) is 8.20. The van der Waals surface area contributed by atoms with Gasteiger partial charge in [0, 0.05) is 17.7 Å². The van der Waals surface area contributed by atoms with Crippen molar-refractivity contribution in [3.8, 4) is 11.3 Å². The first kappa shape index (κ1) is 11.7. The Morgan fingerprint density at radius 1 is 1.35 bits per heavy atom. The molecule has 2 aromatic rings. The Balaban J connectivity index is 2.28. The molecule has 0 radical (unpaired) electrons. The van der Waals surface area contributed by atoms with E-state index in [1.165, 1.54) is 12.1 Å². The van der Waals surface area contributed by atoms with Crippen molar-refractivity contribution < 1.29 is 8.78 Å². The summed E-state index contributed by atoms with van der Waals surface area (Å²) in [5.74, 6) is 0. The molecule has 0 fully saturated rings. The summed E-state index contributed by atoms with van der Waals surface area (Å²) in [4.78, 5) is 0. The Kier molecular flexibility index (Phi) is 3.43. The first-order valence-electron chi connectivity index (χ1n) is 5.19. The maximum absolute atomic E-state index is 12.5. The molecule has 1 aromatic heterocycles. The fourth-order valence-electron chi connectivity index (χ4n) is 1.51. The van der Waals surface area contributed by atoms with Crippen molar-refractivity contribution in [2.24, 2.45) is 5.73 Å². The minimum atomic E-state index is -2.48. The molecule has 0 aliphatic carbocycles. The molecule has 90 valence electrons. The molecule has 0 aliphatic heterocycles. The van der Waals surface area contributed by atoms with E-state index in [1.54, 1.807) is 23.0 Å². The van der Waals surface area contributed by atoms with Gasteiger partial charge >= 0.3 is 0 Å². The van der Waals surface area contributed by atoms with Crippen molar-refractivity contribution in [2.75, 3.05) is 6.54 Å². The maximum atomic E-state index is 12.5. The predicted octanol–water partition coefficient (Wildman–Crippen LogP) is 1.84. The predicted molar refractivity (Wildman–Crippen MR) is 59.5 cm³/mol. The SMILES string of the molecule is NCCn1cc(-c2cccc(C(F)F)c2)nn1. The number of hydrogen-bond donors (Lipinski definition) is 1. The van der Waals surface area contributed by atoms with E-state index in [0.717, 1.165) is 0 Å². The highest BCUT2D eigenvalue weighted by atomic mass is 19.3. The normalized spacial score (nSPS) is 11.1. The molecule has 17 heavy (non-hydrogen) atoms. The smallest absolute Gasteiger partial charge is 0.263 e. The summed E-state index contributed by atoms with van der Waals surface area (Å²) in [6.45, 7) is 1.02. The van der Waals surface area contributed by atoms with Crippen molar-refractivity contribution in [2.45, 2.75) is 13.0 Å².